The number of amides is 2. The number of nitrogens with zero attached hydrogens (tertiary/aromatic N) is 5. The molecule has 4 atom stereocenters. The van der Waals surface area contributed by atoms with Crippen molar-refractivity contribution in [2.75, 3.05) is 13.2 Å². The topological polar surface area (TPSA) is 129 Å². The molecule has 11 heteroatoms. The number of fused-ring (bicyclic) bond motifs is 2. The minimum atomic E-state index is -0.588. The molecule has 7 rings (SSSR count). The second kappa shape index (κ2) is 10.2. The maximum absolute atomic E-state index is 14.0. The fourth-order valence-corrected chi connectivity index (χ4v) is 7.56. The Balaban J connectivity index is 1.14. The molecule has 4 heterocycles. The summed E-state index contributed by atoms with van der Waals surface area (Å²) in [6.45, 7) is 8.53. The van der Waals surface area contributed by atoms with Gasteiger partial charge in [-0.15, -0.1) is 0 Å². The van der Waals surface area contributed by atoms with E-state index in [0.717, 1.165) is 47.9 Å². The lowest BCUT2D eigenvalue weighted by Gasteiger charge is -2.37. The summed E-state index contributed by atoms with van der Waals surface area (Å²) < 4.78 is 13.4. The maximum atomic E-state index is 14.0. The van der Waals surface area contributed by atoms with Crippen molar-refractivity contribution in [2.45, 2.75) is 96.7 Å². The van der Waals surface area contributed by atoms with Crippen LogP contribution in [0.1, 0.15) is 74.2 Å². The monoisotopic (exact) mass is 586 g/mol. The Kier molecular flexibility index (Phi) is 6.66. The first-order valence-electron chi connectivity index (χ1n) is 15.3. The second-order valence-electron chi connectivity index (χ2n) is 13.1. The van der Waals surface area contributed by atoms with Crippen LogP contribution in [-0.2, 0) is 25.6 Å². The van der Waals surface area contributed by atoms with Crippen LogP contribution in [0, 0.1) is 19.3 Å². The number of rotatable bonds is 6. The molecule has 2 saturated heterocycles. The predicted molar refractivity (Wildman–Crippen MR) is 157 cm³/mol. The third kappa shape index (κ3) is 4.92. The fraction of sp³-hybridized carbons (Fsp3) is 0.562. The minimum absolute atomic E-state index is 0.0262. The number of aromatic nitrogens is 4. The van der Waals surface area contributed by atoms with Gasteiger partial charge in [0, 0.05) is 55.2 Å². The smallest absolute Gasteiger partial charge is 0.245 e. The number of hydrogen-bond acceptors (Lipinski definition) is 8. The third-order valence-electron chi connectivity index (χ3n) is 9.82. The van der Waals surface area contributed by atoms with Gasteiger partial charge >= 0.3 is 0 Å². The molecule has 2 unspecified atom stereocenters. The number of Topliss-reactive ketones (excluding diaryl/α,β-unsaturated/α-hetero) is 1. The molecular weight excluding hydrogens is 548 g/mol. The van der Waals surface area contributed by atoms with Gasteiger partial charge in [-0.05, 0) is 68.2 Å². The van der Waals surface area contributed by atoms with Crippen molar-refractivity contribution in [2.24, 2.45) is 5.41 Å². The van der Waals surface area contributed by atoms with Crippen LogP contribution >= 0.6 is 0 Å². The molecule has 2 aliphatic carbocycles. The van der Waals surface area contributed by atoms with Gasteiger partial charge in [0.1, 0.15) is 24.1 Å². The van der Waals surface area contributed by atoms with Gasteiger partial charge in [0.15, 0.2) is 11.6 Å². The number of ketones is 1. The molecule has 3 aromatic rings. The summed E-state index contributed by atoms with van der Waals surface area (Å²) in [5.74, 6) is -0.365. The van der Waals surface area contributed by atoms with Crippen molar-refractivity contribution in [3.05, 3.63) is 41.6 Å². The Labute approximate surface area is 250 Å². The first-order chi connectivity index (χ1) is 20.6. The SMILES string of the molecule is CC(=O)c1nn(CC(=O)N2C3C[C@]3(C)C[C@H]2C(=O)NC2CCCC3(C2)OCCO3)c2c(C)cc(-c3cnc(C)nc3)cc12. The molecule has 226 valence electrons. The molecule has 4 fully saturated rings. The fourth-order valence-electron chi connectivity index (χ4n) is 7.56. The average molecular weight is 587 g/mol. The molecule has 2 saturated carbocycles. The maximum Gasteiger partial charge on any atom is 0.245 e. The molecule has 1 N–H and O–H groups in total. The number of ether oxygens (including phenoxy) is 2. The number of benzene rings is 1. The van der Waals surface area contributed by atoms with E-state index in [2.05, 4.69) is 27.3 Å². The highest BCUT2D eigenvalue weighted by Gasteiger charge is 2.64. The van der Waals surface area contributed by atoms with Gasteiger partial charge in [-0.2, -0.15) is 5.10 Å². The number of piperidine rings is 1. The van der Waals surface area contributed by atoms with E-state index in [4.69, 9.17) is 9.47 Å². The Hall–Kier alpha value is -3.70. The van der Waals surface area contributed by atoms with Crippen LogP contribution in [0.3, 0.4) is 0 Å². The van der Waals surface area contributed by atoms with Gasteiger partial charge in [-0.3, -0.25) is 19.1 Å². The van der Waals surface area contributed by atoms with Crippen molar-refractivity contribution in [3.63, 3.8) is 0 Å². The van der Waals surface area contributed by atoms with Crippen LogP contribution in [0.25, 0.3) is 22.0 Å². The van der Waals surface area contributed by atoms with Crippen LogP contribution in [0.2, 0.25) is 0 Å². The molecule has 0 radical (unpaired) electrons. The molecule has 11 nitrogen and oxygen atoms in total. The van der Waals surface area contributed by atoms with Crippen molar-refractivity contribution >= 4 is 28.5 Å². The summed E-state index contributed by atoms with van der Waals surface area (Å²) in [5.41, 5.74) is 3.59. The number of nitrogens with one attached hydrogen (secondary N) is 1. The lowest BCUT2D eigenvalue weighted by atomic mass is 9.89. The van der Waals surface area contributed by atoms with E-state index in [1.807, 2.05) is 26.0 Å². The predicted octanol–water partition coefficient (Wildman–Crippen LogP) is 3.49. The van der Waals surface area contributed by atoms with Gasteiger partial charge in [-0.25, -0.2) is 9.97 Å². The number of likely N-dealkylation sites (tertiary alicyclic amines) is 1. The van der Waals surface area contributed by atoms with Crippen LogP contribution in [0.5, 0.6) is 0 Å². The summed E-state index contributed by atoms with van der Waals surface area (Å²) in [6, 6.07) is 3.35. The molecule has 1 spiro atoms. The van der Waals surface area contributed by atoms with Crippen molar-refractivity contribution in [1.82, 2.24) is 30.0 Å². The highest BCUT2D eigenvalue weighted by Crippen LogP contribution is 2.59. The van der Waals surface area contributed by atoms with E-state index in [0.29, 0.717) is 43.0 Å². The zero-order valence-electron chi connectivity index (χ0n) is 25.2. The summed E-state index contributed by atoms with van der Waals surface area (Å²) in [7, 11) is 0. The zero-order chi connectivity index (χ0) is 30.1. The molecule has 1 aromatic carbocycles. The van der Waals surface area contributed by atoms with Crippen molar-refractivity contribution < 1.29 is 23.9 Å². The first-order valence-corrected chi connectivity index (χ1v) is 15.3. The normalized spacial score (nSPS) is 27.4. The van der Waals surface area contributed by atoms with Crippen LogP contribution in [0.15, 0.2) is 24.5 Å². The Morgan fingerprint density at radius 3 is 2.51 bits per heavy atom. The van der Waals surface area contributed by atoms with Gasteiger partial charge in [0.05, 0.1) is 18.7 Å². The van der Waals surface area contributed by atoms with E-state index < -0.39 is 11.8 Å². The number of carbonyl (C=O) groups is 3. The van der Waals surface area contributed by atoms with E-state index in [1.165, 1.54) is 6.92 Å². The molecule has 43 heavy (non-hydrogen) atoms. The molecule has 2 amide bonds. The van der Waals surface area contributed by atoms with Crippen LogP contribution < -0.4 is 5.32 Å². The summed E-state index contributed by atoms with van der Waals surface area (Å²) in [6.07, 6.45) is 8.30. The molecule has 2 aromatic heterocycles. The number of hydrogen-bond donors (Lipinski definition) is 1. The Morgan fingerprint density at radius 2 is 1.79 bits per heavy atom. The van der Waals surface area contributed by atoms with Gasteiger partial charge in [0.25, 0.3) is 0 Å². The first kappa shape index (κ1) is 28.1. The molecular formula is C32H38N6O5. The highest BCUT2D eigenvalue weighted by molar-refractivity contribution is 6.07. The lowest BCUT2D eigenvalue weighted by molar-refractivity contribution is -0.182. The van der Waals surface area contributed by atoms with Crippen molar-refractivity contribution in [3.8, 4) is 11.1 Å². The van der Waals surface area contributed by atoms with E-state index in [1.54, 1.807) is 22.0 Å². The molecule has 2 aliphatic heterocycles. The number of aryl methyl sites for hydroxylation is 2. The summed E-state index contributed by atoms with van der Waals surface area (Å²) in [4.78, 5) is 50.8. The van der Waals surface area contributed by atoms with E-state index in [9.17, 15) is 14.4 Å². The van der Waals surface area contributed by atoms with E-state index >= 15 is 0 Å². The van der Waals surface area contributed by atoms with Crippen LogP contribution in [0.4, 0.5) is 0 Å². The zero-order valence-corrected chi connectivity index (χ0v) is 25.2. The van der Waals surface area contributed by atoms with Gasteiger partial charge < -0.3 is 19.7 Å². The Bertz CT molecular complexity index is 1630. The lowest BCUT2D eigenvalue weighted by Crippen LogP contribution is -2.53. The summed E-state index contributed by atoms with van der Waals surface area (Å²) in [5, 5.41) is 8.55. The molecule has 4 aliphatic rings. The highest BCUT2D eigenvalue weighted by atomic mass is 16.7. The average Bonchev–Trinajstić information content (AvgIpc) is 3.27. The number of carbonyl (C=O) groups excluding carboxylic acids is 3. The summed E-state index contributed by atoms with van der Waals surface area (Å²) >= 11 is 0. The Morgan fingerprint density at radius 1 is 1.05 bits per heavy atom. The quantitative estimate of drug-likeness (QED) is 0.435. The van der Waals surface area contributed by atoms with Crippen LogP contribution in [-0.4, -0.2) is 79.4 Å². The van der Waals surface area contributed by atoms with Gasteiger partial charge in [0.2, 0.25) is 11.8 Å². The van der Waals surface area contributed by atoms with Crippen molar-refractivity contribution in [1.29, 1.82) is 0 Å². The molecule has 0 bridgehead atoms. The minimum Gasteiger partial charge on any atom is -0.351 e. The standard InChI is InChI=1S/C32H38N6O5/c1-18-10-21(22-15-33-20(3)34-16-22)11-24-28(19(2)39)36-37(29(18)24)17-27(40)38-25(13-31(4)14-26(31)38)30(41)35-23-6-5-7-32(12-23)42-8-9-43-32/h10-11,15-16,23,25-26H,5-9,12-14,17H2,1-4H3,(H,35,41)/t23?,25-,26?,31-/m0/s1. The van der Waals surface area contributed by atoms with Gasteiger partial charge in [-0.1, -0.05) is 6.92 Å². The van der Waals surface area contributed by atoms with E-state index in [-0.39, 0.29) is 41.6 Å². The second-order valence-corrected chi connectivity index (χ2v) is 13.1. The largest absolute Gasteiger partial charge is 0.351 e. The third-order valence-corrected chi connectivity index (χ3v) is 9.82.